The maximum Gasteiger partial charge on any atom is 0.231 e. The van der Waals surface area contributed by atoms with Crippen LogP contribution in [-0.4, -0.2) is 18.2 Å². The SMILES string of the molecule is Nc1cc(-c2c(Br)cc(C=O)c3c2OCO3)no1. The Morgan fingerprint density at radius 3 is 2.78 bits per heavy atom. The summed E-state index contributed by atoms with van der Waals surface area (Å²) in [6.45, 7) is 0.0625. The monoisotopic (exact) mass is 310 g/mol. The van der Waals surface area contributed by atoms with Gasteiger partial charge in [0.05, 0.1) is 11.1 Å². The van der Waals surface area contributed by atoms with Gasteiger partial charge in [-0.1, -0.05) is 5.16 Å². The van der Waals surface area contributed by atoms with Crippen LogP contribution in [-0.2, 0) is 0 Å². The van der Waals surface area contributed by atoms with Gasteiger partial charge in [0.15, 0.2) is 17.8 Å². The van der Waals surface area contributed by atoms with Gasteiger partial charge in [-0.3, -0.25) is 4.79 Å². The Hall–Kier alpha value is -2.02. The molecule has 0 saturated carbocycles. The number of nitrogen functional groups attached to an aromatic ring is 1. The van der Waals surface area contributed by atoms with Crippen LogP contribution in [0.5, 0.6) is 11.5 Å². The molecule has 0 unspecified atom stereocenters. The molecule has 1 aliphatic heterocycles. The number of rotatable bonds is 2. The first kappa shape index (κ1) is 11.1. The van der Waals surface area contributed by atoms with E-state index in [0.717, 1.165) is 0 Å². The average molecular weight is 311 g/mol. The predicted molar refractivity (Wildman–Crippen MR) is 65.6 cm³/mol. The second kappa shape index (κ2) is 4.02. The Bertz CT molecular complexity index is 638. The van der Waals surface area contributed by atoms with Crippen LogP contribution in [0.4, 0.5) is 5.88 Å². The molecule has 0 fully saturated rings. The molecule has 0 radical (unpaired) electrons. The van der Waals surface area contributed by atoms with Gasteiger partial charge >= 0.3 is 0 Å². The fourth-order valence-corrected chi connectivity index (χ4v) is 2.42. The summed E-state index contributed by atoms with van der Waals surface area (Å²) >= 11 is 3.37. The Balaban J connectivity index is 2.27. The quantitative estimate of drug-likeness (QED) is 0.856. The number of nitrogens with zero attached hydrogens (tertiary/aromatic N) is 1. The number of halogens is 1. The van der Waals surface area contributed by atoms with Crippen molar-refractivity contribution in [2.24, 2.45) is 0 Å². The minimum absolute atomic E-state index is 0.0625. The highest BCUT2D eigenvalue weighted by Gasteiger charge is 2.26. The van der Waals surface area contributed by atoms with Gasteiger partial charge in [-0.05, 0) is 22.0 Å². The number of carbonyl (C=O) groups excluding carboxylic acids is 1. The molecule has 1 aromatic heterocycles. The molecule has 2 aromatic rings. The molecule has 0 spiro atoms. The highest BCUT2D eigenvalue weighted by Crippen LogP contribution is 2.47. The Morgan fingerprint density at radius 1 is 1.33 bits per heavy atom. The molecule has 6 nitrogen and oxygen atoms in total. The molecule has 0 amide bonds. The normalized spacial score (nSPS) is 12.7. The summed E-state index contributed by atoms with van der Waals surface area (Å²) in [6, 6.07) is 3.21. The molecular weight excluding hydrogens is 304 g/mol. The van der Waals surface area contributed by atoms with Crippen molar-refractivity contribution in [3.8, 4) is 22.8 Å². The molecule has 0 saturated heterocycles. The number of aromatic nitrogens is 1. The average Bonchev–Trinajstić information content (AvgIpc) is 2.97. The minimum atomic E-state index is 0.0625. The molecule has 1 aliphatic rings. The van der Waals surface area contributed by atoms with Gasteiger partial charge < -0.3 is 19.7 Å². The number of carbonyl (C=O) groups is 1. The molecule has 92 valence electrons. The zero-order chi connectivity index (χ0) is 12.7. The van der Waals surface area contributed by atoms with Crippen LogP contribution < -0.4 is 15.2 Å². The molecular formula is C11H7BrN2O4. The lowest BCUT2D eigenvalue weighted by molar-refractivity contribution is 0.111. The molecule has 3 rings (SSSR count). The predicted octanol–water partition coefficient (Wildman–Crippen LogP) is 2.23. The molecule has 2 N–H and O–H groups in total. The van der Waals surface area contributed by atoms with Gasteiger partial charge in [0, 0.05) is 10.5 Å². The van der Waals surface area contributed by atoms with E-state index in [1.807, 2.05) is 0 Å². The summed E-state index contributed by atoms with van der Waals surface area (Å²) in [5.74, 6) is 1.06. The van der Waals surface area contributed by atoms with E-state index in [1.54, 1.807) is 12.1 Å². The van der Waals surface area contributed by atoms with Crippen molar-refractivity contribution in [3.63, 3.8) is 0 Å². The van der Waals surface area contributed by atoms with Crippen LogP contribution in [0.2, 0.25) is 0 Å². The van der Waals surface area contributed by atoms with E-state index in [-0.39, 0.29) is 12.7 Å². The van der Waals surface area contributed by atoms with E-state index < -0.39 is 0 Å². The number of ether oxygens (including phenoxy) is 2. The largest absolute Gasteiger partial charge is 0.453 e. The second-order valence-electron chi connectivity index (χ2n) is 3.62. The summed E-state index contributed by atoms with van der Waals surface area (Å²) in [5.41, 5.74) is 7.07. The summed E-state index contributed by atoms with van der Waals surface area (Å²) < 4.78 is 16.1. The number of hydrogen-bond donors (Lipinski definition) is 1. The van der Waals surface area contributed by atoms with Gasteiger partial charge in [-0.2, -0.15) is 0 Å². The van der Waals surface area contributed by atoms with E-state index in [0.29, 0.717) is 39.1 Å². The third-order valence-corrected chi connectivity index (χ3v) is 3.16. The number of hydrogen-bond acceptors (Lipinski definition) is 6. The van der Waals surface area contributed by atoms with Crippen LogP contribution in [0, 0.1) is 0 Å². The van der Waals surface area contributed by atoms with Crippen LogP contribution in [0.3, 0.4) is 0 Å². The molecule has 18 heavy (non-hydrogen) atoms. The lowest BCUT2D eigenvalue weighted by atomic mass is 10.1. The van der Waals surface area contributed by atoms with Crippen molar-refractivity contribution in [1.82, 2.24) is 5.16 Å². The van der Waals surface area contributed by atoms with Crippen LogP contribution in [0.15, 0.2) is 21.1 Å². The molecule has 7 heteroatoms. The van der Waals surface area contributed by atoms with Gasteiger partial charge in [-0.15, -0.1) is 0 Å². The third-order valence-electron chi connectivity index (χ3n) is 2.53. The number of anilines is 1. The van der Waals surface area contributed by atoms with E-state index in [9.17, 15) is 4.79 Å². The standard InChI is InChI=1S/C11H7BrN2O4/c12-6-1-5(3-15)10-11(17-4-16-10)9(6)7-2-8(13)18-14-7/h1-3H,4,13H2. The first-order chi connectivity index (χ1) is 8.70. The number of nitrogens with two attached hydrogens (primary N) is 1. The second-order valence-corrected chi connectivity index (χ2v) is 4.47. The Kier molecular flexibility index (Phi) is 2.48. The smallest absolute Gasteiger partial charge is 0.231 e. The molecule has 0 bridgehead atoms. The van der Waals surface area contributed by atoms with E-state index in [1.165, 1.54) is 0 Å². The summed E-state index contributed by atoms with van der Waals surface area (Å²) in [4.78, 5) is 11.0. The van der Waals surface area contributed by atoms with Gasteiger partial charge in [0.1, 0.15) is 5.69 Å². The summed E-state index contributed by atoms with van der Waals surface area (Å²) in [6.07, 6.45) is 0.708. The topological polar surface area (TPSA) is 87.6 Å². The van der Waals surface area contributed by atoms with Crippen molar-refractivity contribution >= 4 is 28.1 Å². The summed E-state index contributed by atoms with van der Waals surface area (Å²) in [7, 11) is 0. The van der Waals surface area contributed by atoms with Crippen LogP contribution in [0.1, 0.15) is 10.4 Å². The zero-order valence-corrected chi connectivity index (χ0v) is 10.6. The zero-order valence-electron chi connectivity index (χ0n) is 8.97. The van der Waals surface area contributed by atoms with Crippen molar-refractivity contribution in [2.75, 3.05) is 12.5 Å². The number of aldehydes is 1. The van der Waals surface area contributed by atoms with Crippen molar-refractivity contribution < 1.29 is 18.8 Å². The molecule has 1 aromatic carbocycles. The highest BCUT2D eigenvalue weighted by atomic mass is 79.9. The van der Waals surface area contributed by atoms with Gasteiger partial charge in [0.2, 0.25) is 12.7 Å². The lowest BCUT2D eigenvalue weighted by Crippen LogP contribution is -1.94. The van der Waals surface area contributed by atoms with Crippen molar-refractivity contribution in [3.05, 3.63) is 22.2 Å². The molecule has 0 atom stereocenters. The first-order valence-corrected chi connectivity index (χ1v) is 5.80. The van der Waals surface area contributed by atoms with E-state index in [2.05, 4.69) is 21.1 Å². The van der Waals surface area contributed by atoms with Crippen molar-refractivity contribution in [2.45, 2.75) is 0 Å². The highest BCUT2D eigenvalue weighted by molar-refractivity contribution is 9.10. The third kappa shape index (κ3) is 1.55. The van der Waals surface area contributed by atoms with Crippen LogP contribution in [0.25, 0.3) is 11.3 Å². The number of benzene rings is 1. The number of fused-ring (bicyclic) bond motifs is 1. The maximum absolute atomic E-state index is 11.0. The fraction of sp³-hybridized carbons (Fsp3) is 0.0909. The van der Waals surface area contributed by atoms with Crippen molar-refractivity contribution in [1.29, 1.82) is 0 Å². The Morgan fingerprint density at radius 2 is 2.11 bits per heavy atom. The fourth-order valence-electron chi connectivity index (χ4n) is 1.79. The van der Waals surface area contributed by atoms with Gasteiger partial charge in [-0.25, -0.2) is 0 Å². The lowest BCUT2D eigenvalue weighted by Gasteiger charge is -2.07. The molecule has 2 heterocycles. The Labute approximate surface area is 110 Å². The minimum Gasteiger partial charge on any atom is -0.453 e. The summed E-state index contributed by atoms with van der Waals surface area (Å²) in [5, 5.41) is 3.83. The van der Waals surface area contributed by atoms with E-state index in [4.69, 9.17) is 19.7 Å². The first-order valence-electron chi connectivity index (χ1n) is 5.00. The van der Waals surface area contributed by atoms with Gasteiger partial charge in [0.25, 0.3) is 0 Å². The van der Waals surface area contributed by atoms with E-state index >= 15 is 0 Å². The molecule has 0 aliphatic carbocycles. The maximum atomic E-state index is 11.0. The van der Waals surface area contributed by atoms with Crippen LogP contribution >= 0.6 is 15.9 Å².